The highest BCUT2D eigenvalue weighted by Gasteiger charge is 2.12. The van der Waals surface area contributed by atoms with Crippen LogP contribution >= 0.6 is 0 Å². The Labute approximate surface area is 124 Å². The molecule has 0 amide bonds. The first kappa shape index (κ1) is 15.0. The number of Topliss-reactive ketones (excluding diaryl/α,β-unsaturated/α-hetero) is 1. The predicted octanol–water partition coefficient (Wildman–Crippen LogP) is 3.54. The van der Waals surface area contributed by atoms with Crippen molar-refractivity contribution in [2.75, 3.05) is 25.6 Å². The monoisotopic (exact) mass is 287 g/mol. The molecule has 2 aromatic carbocycles. The van der Waals surface area contributed by atoms with Crippen LogP contribution < -0.4 is 9.64 Å². The van der Waals surface area contributed by atoms with E-state index in [4.69, 9.17) is 4.74 Å². The van der Waals surface area contributed by atoms with Crippen LogP contribution in [0.5, 0.6) is 5.75 Å². The maximum absolute atomic E-state index is 13.5. The van der Waals surface area contributed by atoms with Gasteiger partial charge in [-0.15, -0.1) is 0 Å². The number of ether oxygens (including phenoxy) is 1. The summed E-state index contributed by atoms with van der Waals surface area (Å²) in [5.41, 5.74) is 1.10. The second-order valence-electron chi connectivity index (χ2n) is 4.78. The highest BCUT2D eigenvalue weighted by atomic mass is 19.1. The molecular formula is C17H18FNO2. The maximum Gasteiger partial charge on any atom is 0.167 e. The molecule has 0 heterocycles. The molecule has 0 fully saturated rings. The number of hydrogen-bond donors (Lipinski definition) is 0. The van der Waals surface area contributed by atoms with Gasteiger partial charge in [-0.2, -0.15) is 0 Å². The van der Waals surface area contributed by atoms with Crippen LogP contribution in [0.2, 0.25) is 0 Å². The van der Waals surface area contributed by atoms with Crippen molar-refractivity contribution in [3.8, 4) is 5.75 Å². The number of methoxy groups -OCH3 is 1. The Hall–Kier alpha value is -2.36. The van der Waals surface area contributed by atoms with Crippen molar-refractivity contribution < 1.29 is 13.9 Å². The van der Waals surface area contributed by atoms with Gasteiger partial charge in [0.1, 0.15) is 11.6 Å². The SMILES string of the molecule is COc1cccc(N(C)CCC(=O)c2ccccc2F)c1. The van der Waals surface area contributed by atoms with Crippen molar-refractivity contribution >= 4 is 11.5 Å². The van der Waals surface area contributed by atoms with Crippen LogP contribution in [0.1, 0.15) is 16.8 Å². The Morgan fingerprint density at radius 2 is 1.95 bits per heavy atom. The van der Waals surface area contributed by atoms with Crippen LogP contribution in [0.25, 0.3) is 0 Å². The van der Waals surface area contributed by atoms with Crippen LogP contribution in [-0.2, 0) is 0 Å². The third-order valence-corrected chi connectivity index (χ3v) is 3.34. The Morgan fingerprint density at radius 1 is 1.19 bits per heavy atom. The molecule has 0 aromatic heterocycles. The van der Waals surface area contributed by atoms with Crippen molar-refractivity contribution in [2.24, 2.45) is 0 Å². The molecule has 4 heteroatoms. The smallest absolute Gasteiger partial charge is 0.167 e. The lowest BCUT2D eigenvalue weighted by atomic mass is 10.1. The van der Waals surface area contributed by atoms with E-state index in [0.29, 0.717) is 6.54 Å². The van der Waals surface area contributed by atoms with Gasteiger partial charge in [0, 0.05) is 31.8 Å². The van der Waals surface area contributed by atoms with E-state index in [1.165, 1.54) is 12.1 Å². The van der Waals surface area contributed by atoms with Crippen LogP contribution in [0.3, 0.4) is 0 Å². The van der Waals surface area contributed by atoms with E-state index in [1.807, 2.05) is 36.2 Å². The topological polar surface area (TPSA) is 29.5 Å². The fraction of sp³-hybridized carbons (Fsp3) is 0.235. The molecular weight excluding hydrogens is 269 g/mol. The summed E-state index contributed by atoms with van der Waals surface area (Å²) in [6, 6.07) is 13.7. The maximum atomic E-state index is 13.5. The summed E-state index contributed by atoms with van der Waals surface area (Å²) in [7, 11) is 3.50. The Kier molecular flexibility index (Phi) is 4.93. The fourth-order valence-corrected chi connectivity index (χ4v) is 2.07. The Balaban J connectivity index is 1.99. The standard InChI is InChI=1S/C17H18FNO2/c1-19(13-6-5-7-14(12-13)21-2)11-10-17(20)15-8-3-4-9-16(15)18/h3-9,12H,10-11H2,1-2H3. The second-order valence-corrected chi connectivity index (χ2v) is 4.78. The van der Waals surface area contributed by atoms with E-state index in [9.17, 15) is 9.18 Å². The second kappa shape index (κ2) is 6.88. The first-order valence-corrected chi connectivity index (χ1v) is 6.74. The summed E-state index contributed by atoms with van der Waals surface area (Å²) in [5.74, 6) is 0.106. The molecule has 2 rings (SSSR count). The minimum Gasteiger partial charge on any atom is -0.497 e. The highest BCUT2D eigenvalue weighted by molar-refractivity contribution is 5.96. The molecule has 0 aliphatic rings. The molecule has 0 atom stereocenters. The lowest BCUT2D eigenvalue weighted by Crippen LogP contribution is -2.21. The summed E-state index contributed by atoms with van der Waals surface area (Å²) in [6.07, 6.45) is 0.259. The van der Waals surface area contributed by atoms with Crippen LogP contribution in [-0.4, -0.2) is 26.5 Å². The first-order valence-electron chi connectivity index (χ1n) is 6.74. The Morgan fingerprint density at radius 3 is 2.67 bits per heavy atom. The molecule has 3 nitrogen and oxygen atoms in total. The van der Waals surface area contributed by atoms with Crippen molar-refractivity contribution in [1.82, 2.24) is 0 Å². The summed E-state index contributed by atoms with van der Waals surface area (Å²) >= 11 is 0. The number of nitrogens with zero attached hydrogens (tertiary/aromatic N) is 1. The summed E-state index contributed by atoms with van der Waals surface area (Å²) in [6.45, 7) is 0.514. The molecule has 2 aromatic rings. The van der Waals surface area contributed by atoms with Gasteiger partial charge in [0.05, 0.1) is 12.7 Å². The van der Waals surface area contributed by atoms with Crippen LogP contribution in [0.4, 0.5) is 10.1 Å². The van der Waals surface area contributed by atoms with Gasteiger partial charge in [0.15, 0.2) is 5.78 Å². The van der Waals surface area contributed by atoms with Gasteiger partial charge >= 0.3 is 0 Å². The van der Waals surface area contributed by atoms with E-state index < -0.39 is 5.82 Å². The highest BCUT2D eigenvalue weighted by Crippen LogP contribution is 2.20. The number of carbonyl (C=O) groups excluding carboxylic acids is 1. The minimum absolute atomic E-state index is 0.150. The molecule has 0 saturated carbocycles. The number of hydrogen-bond acceptors (Lipinski definition) is 3. The molecule has 0 spiro atoms. The average molecular weight is 287 g/mol. The summed E-state index contributed by atoms with van der Waals surface area (Å²) in [4.78, 5) is 14.0. The van der Waals surface area contributed by atoms with E-state index in [1.54, 1.807) is 19.2 Å². The average Bonchev–Trinajstić information content (AvgIpc) is 2.52. The van der Waals surface area contributed by atoms with Gasteiger partial charge in [-0.05, 0) is 24.3 Å². The van der Waals surface area contributed by atoms with Gasteiger partial charge in [-0.25, -0.2) is 4.39 Å². The van der Waals surface area contributed by atoms with Crippen LogP contribution in [0.15, 0.2) is 48.5 Å². The van der Waals surface area contributed by atoms with Gasteiger partial charge in [-0.3, -0.25) is 4.79 Å². The fourth-order valence-electron chi connectivity index (χ4n) is 2.07. The predicted molar refractivity (Wildman–Crippen MR) is 81.6 cm³/mol. The van der Waals surface area contributed by atoms with Crippen LogP contribution in [0, 0.1) is 5.82 Å². The van der Waals surface area contributed by atoms with Crippen molar-refractivity contribution in [3.05, 3.63) is 59.9 Å². The Bertz CT molecular complexity index is 628. The van der Waals surface area contributed by atoms with E-state index in [0.717, 1.165) is 11.4 Å². The van der Waals surface area contributed by atoms with Crippen molar-refractivity contribution in [2.45, 2.75) is 6.42 Å². The molecule has 0 saturated heterocycles. The lowest BCUT2D eigenvalue weighted by Gasteiger charge is -2.19. The molecule has 0 aliphatic carbocycles. The van der Waals surface area contributed by atoms with Gasteiger partial charge in [0.2, 0.25) is 0 Å². The number of halogens is 1. The van der Waals surface area contributed by atoms with Gasteiger partial charge < -0.3 is 9.64 Å². The van der Waals surface area contributed by atoms with Gasteiger partial charge in [0.25, 0.3) is 0 Å². The summed E-state index contributed by atoms with van der Waals surface area (Å²) in [5, 5.41) is 0. The normalized spacial score (nSPS) is 10.2. The van der Waals surface area contributed by atoms with Gasteiger partial charge in [-0.1, -0.05) is 18.2 Å². The quantitative estimate of drug-likeness (QED) is 0.761. The zero-order chi connectivity index (χ0) is 15.2. The molecule has 110 valence electrons. The largest absolute Gasteiger partial charge is 0.497 e. The molecule has 0 aliphatic heterocycles. The van der Waals surface area contributed by atoms with E-state index in [2.05, 4.69) is 0 Å². The number of anilines is 1. The number of ketones is 1. The first-order chi connectivity index (χ1) is 10.1. The van der Waals surface area contributed by atoms with E-state index in [-0.39, 0.29) is 17.8 Å². The third kappa shape index (κ3) is 3.81. The molecule has 0 bridgehead atoms. The zero-order valence-electron chi connectivity index (χ0n) is 12.2. The molecule has 21 heavy (non-hydrogen) atoms. The number of rotatable bonds is 6. The number of carbonyl (C=O) groups is 1. The third-order valence-electron chi connectivity index (χ3n) is 3.34. The van der Waals surface area contributed by atoms with Crippen molar-refractivity contribution in [3.63, 3.8) is 0 Å². The molecule has 0 N–H and O–H groups in total. The zero-order valence-corrected chi connectivity index (χ0v) is 12.2. The van der Waals surface area contributed by atoms with E-state index >= 15 is 0 Å². The summed E-state index contributed by atoms with van der Waals surface area (Å²) < 4.78 is 18.7. The van der Waals surface area contributed by atoms with Crippen molar-refractivity contribution in [1.29, 1.82) is 0 Å². The minimum atomic E-state index is -0.466. The lowest BCUT2D eigenvalue weighted by molar-refractivity contribution is 0.0981. The molecule has 0 radical (unpaired) electrons. The molecule has 0 unspecified atom stereocenters. The number of benzene rings is 2.